The summed E-state index contributed by atoms with van der Waals surface area (Å²) >= 11 is 0. The fourth-order valence-corrected chi connectivity index (χ4v) is 2.77. The van der Waals surface area contributed by atoms with E-state index in [1.807, 2.05) is 20.8 Å². The van der Waals surface area contributed by atoms with Crippen LogP contribution in [-0.2, 0) is 10.9 Å². The van der Waals surface area contributed by atoms with Crippen molar-refractivity contribution in [3.8, 4) is 0 Å². The van der Waals surface area contributed by atoms with Crippen LogP contribution in [0.25, 0.3) is 0 Å². The summed E-state index contributed by atoms with van der Waals surface area (Å²) in [6, 6.07) is 4.24. The highest BCUT2D eigenvalue weighted by molar-refractivity contribution is 6.04. The van der Waals surface area contributed by atoms with E-state index in [-0.39, 0.29) is 23.5 Å². The van der Waals surface area contributed by atoms with E-state index < -0.39 is 17.6 Å². The second kappa shape index (κ2) is 12.6. The zero-order chi connectivity index (χ0) is 22.7. The Morgan fingerprint density at radius 2 is 1.87 bits per heavy atom. The molecule has 8 heteroatoms. The lowest BCUT2D eigenvalue weighted by Gasteiger charge is -2.19. The molecule has 0 aliphatic carbocycles. The van der Waals surface area contributed by atoms with Crippen molar-refractivity contribution in [1.29, 1.82) is 0 Å². The molecule has 0 unspecified atom stereocenters. The summed E-state index contributed by atoms with van der Waals surface area (Å²) in [4.78, 5) is 19.3. The molecule has 0 saturated carbocycles. The van der Waals surface area contributed by atoms with Crippen LogP contribution in [0.15, 0.2) is 29.3 Å². The van der Waals surface area contributed by atoms with Gasteiger partial charge in [0.1, 0.15) is 0 Å². The van der Waals surface area contributed by atoms with E-state index in [0.717, 1.165) is 44.6 Å². The maximum atomic E-state index is 12.9. The molecule has 1 rings (SSSR count). The van der Waals surface area contributed by atoms with Crippen LogP contribution in [0, 0.1) is 5.92 Å². The van der Waals surface area contributed by atoms with E-state index in [1.54, 1.807) is 0 Å². The van der Waals surface area contributed by atoms with Gasteiger partial charge in [0, 0.05) is 5.56 Å². The summed E-state index contributed by atoms with van der Waals surface area (Å²) in [6.07, 6.45) is -2.75. The average Bonchev–Trinajstić information content (AvgIpc) is 2.68. The van der Waals surface area contributed by atoms with E-state index in [2.05, 4.69) is 29.1 Å². The lowest BCUT2D eigenvalue weighted by atomic mass is 10.1. The van der Waals surface area contributed by atoms with Crippen molar-refractivity contribution >= 4 is 11.9 Å². The van der Waals surface area contributed by atoms with Crippen LogP contribution in [0.1, 0.15) is 63.4 Å². The van der Waals surface area contributed by atoms with E-state index in [9.17, 15) is 18.0 Å². The number of amidine groups is 1. The largest absolute Gasteiger partial charge is 0.465 e. The fourth-order valence-electron chi connectivity index (χ4n) is 2.77. The molecule has 0 bridgehead atoms. The van der Waals surface area contributed by atoms with Gasteiger partial charge >= 0.3 is 6.18 Å². The van der Waals surface area contributed by atoms with Crippen LogP contribution in [0.5, 0.6) is 0 Å². The third-order valence-electron chi connectivity index (χ3n) is 4.55. The number of nitrogens with one attached hydrogen (secondary N) is 1. The number of carbonyl (C=O) groups is 1. The number of benzene rings is 1. The Morgan fingerprint density at radius 3 is 2.43 bits per heavy atom. The van der Waals surface area contributed by atoms with Gasteiger partial charge in [0.25, 0.3) is 11.9 Å². The molecule has 1 aromatic carbocycles. The predicted molar refractivity (Wildman–Crippen MR) is 114 cm³/mol. The van der Waals surface area contributed by atoms with Gasteiger partial charge in [-0.05, 0) is 63.5 Å². The molecule has 170 valence electrons. The van der Waals surface area contributed by atoms with Crippen LogP contribution in [0.2, 0.25) is 0 Å². The molecule has 1 N–H and O–H groups in total. The molecular formula is C22H34F3N3O2. The van der Waals surface area contributed by atoms with E-state index in [0.29, 0.717) is 6.61 Å². The lowest BCUT2D eigenvalue weighted by molar-refractivity contribution is -0.137. The summed E-state index contributed by atoms with van der Waals surface area (Å²) in [6.45, 7) is 13.4. The first-order valence-electron chi connectivity index (χ1n) is 10.5. The Balaban J connectivity index is 2.84. The van der Waals surface area contributed by atoms with Gasteiger partial charge in [0.05, 0.1) is 18.2 Å². The number of nitrogens with zero attached hydrogens (tertiary/aromatic N) is 2. The Bertz CT molecular complexity index is 686. The van der Waals surface area contributed by atoms with Crippen LogP contribution in [0.3, 0.4) is 0 Å². The minimum Gasteiger partial charge on any atom is -0.465 e. The summed E-state index contributed by atoms with van der Waals surface area (Å²) in [7, 11) is 0. The van der Waals surface area contributed by atoms with Gasteiger partial charge in [-0.15, -0.1) is 0 Å². The first-order valence-corrected chi connectivity index (χ1v) is 10.5. The van der Waals surface area contributed by atoms with Gasteiger partial charge in [-0.3, -0.25) is 10.1 Å². The summed E-state index contributed by atoms with van der Waals surface area (Å²) in [5, 5.41) is 2.53. The number of alkyl halides is 3. The van der Waals surface area contributed by atoms with Gasteiger partial charge in [0.2, 0.25) is 0 Å². The molecule has 0 radical (unpaired) electrons. The van der Waals surface area contributed by atoms with Gasteiger partial charge < -0.3 is 9.64 Å². The quantitative estimate of drug-likeness (QED) is 0.422. The predicted octanol–water partition coefficient (Wildman–Crippen LogP) is 4.97. The third-order valence-corrected chi connectivity index (χ3v) is 4.55. The average molecular weight is 430 g/mol. The molecule has 0 aromatic heterocycles. The van der Waals surface area contributed by atoms with Gasteiger partial charge in [-0.1, -0.05) is 33.8 Å². The van der Waals surface area contributed by atoms with Gasteiger partial charge in [0.15, 0.2) is 0 Å². The van der Waals surface area contributed by atoms with Crippen molar-refractivity contribution in [3.05, 3.63) is 35.4 Å². The highest BCUT2D eigenvalue weighted by Gasteiger charge is 2.31. The minimum atomic E-state index is -4.51. The number of hydrogen-bond acceptors (Lipinski definition) is 4. The molecule has 0 spiro atoms. The third kappa shape index (κ3) is 9.61. The molecule has 1 atom stereocenters. The highest BCUT2D eigenvalue weighted by Crippen LogP contribution is 2.29. The summed E-state index contributed by atoms with van der Waals surface area (Å²) in [5.74, 6) is -0.474. The van der Waals surface area contributed by atoms with Crippen molar-refractivity contribution in [2.24, 2.45) is 10.9 Å². The second-order valence-corrected chi connectivity index (χ2v) is 7.69. The molecule has 0 saturated heterocycles. The standard InChI is InChI=1S/C22H34F3N3O2/c1-6-28(7-2)13-9-10-17(5)26-21(30-15-16(3)4)27-20(29)18-11-8-12-19(14-18)22(23,24)25/h8,11-12,14,16-17H,6-7,9-10,13,15H2,1-5H3,(H,26,27,29)/t17-/m0/s1. The zero-order valence-electron chi connectivity index (χ0n) is 18.6. The van der Waals surface area contributed by atoms with Crippen LogP contribution < -0.4 is 5.32 Å². The Kier molecular flexibility index (Phi) is 10.9. The van der Waals surface area contributed by atoms with Gasteiger partial charge in [-0.2, -0.15) is 13.2 Å². The second-order valence-electron chi connectivity index (χ2n) is 7.69. The Hall–Kier alpha value is -2.09. The van der Waals surface area contributed by atoms with Gasteiger partial charge in [-0.25, -0.2) is 4.99 Å². The fraction of sp³-hybridized carbons (Fsp3) is 0.636. The van der Waals surface area contributed by atoms with E-state index >= 15 is 0 Å². The number of hydrogen-bond donors (Lipinski definition) is 1. The van der Waals surface area contributed by atoms with Crippen molar-refractivity contribution in [1.82, 2.24) is 10.2 Å². The van der Waals surface area contributed by atoms with Crippen molar-refractivity contribution in [2.45, 2.75) is 59.7 Å². The van der Waals surface area contributed by atoms with Crippen molar-refractivity contribution in [3.63, 3.8) is 0 Å². The number of halogens is 3. The topological polar surface area (TPSA) is 53.9 Å². The summed E-state index contributed by atoms with van der Waals surface area (Å²) in [5.41, 5.74) is -0.971. The lowest BCUT2D eigenvalue weighted by Crippen LogP contribution is -2.34. The molecule has 0 fully saturated rings. The number of amides is 1. The minimum absolute atomic E-state index is 0.0430. The number of aliphatic imine (C=N–C) groups is 1. The molecule has 0 aliphatic heterocycles. The Morgan fingerprint density at radius 1 is 1.20 bits per heavy atom. The maximum absolute atomic E-state index is 12.9. The first kappa shape index (κ1) is 25.9. The normalized spacial score (nSPS) is 13.6. The van der Waals surface area contributed by atoms with Crippen LogP contribution in [-0.4, -0.2) is 49.1 Å². The molecule has 30 heavy (non-hydrogen) atoms. The molecule has 1 aromatic rings. The molecule has 1 amide bonds. The Labute approximate surface area is 177 Å². The maximum Gasteiger partial charge on any atom is 0.416 e. The van der Waals surface area contributed by atoms with Crippen molar-refractivity contribution in [2.75, 3.05) is 26.2 Å². The molecule has 5 nitrogen and oxygen atoms in total. The summed E-state index contributed by atoms with van der Waals surface area (Å²) < 4.78 is 44.4. The monoisotopic (exact) mass is 429 g/mol. The molecule has 0 heterocycles. The van der Waals surface area contributed by atoms with Crippen LogP contribution in [0.4, 0.5) is 13.2 Å². The van der Waals surface area contributed by atoms with Crippen molar-refractivity contribution < 1.29 is 22.7 Å². The van der Waals surface area contributed by atoms with Crippen LogP contribution >= 0.6 is 0 Å². The molecular weight excluding hydrogens is 395 g/mol. The highest BCUT2D eigenvalue weighted by atomic mass is 19.4. The number of rotatable bonds is 10. The zero-order valence-corrected chi connectivity index (χ0v) is 18.6. The SMILES string of the molecule is CCN(CC)CCC[C@H](C)N=C(NC(=O)c1cccc(C(F)(F)F)c1)OCC(C)C. The smallest absolute Gasteiger partial charge is 0.416 e. The van der Waals surface area contributed by atoms with E-state index in [4.69, 9.17) is 4.74 Å². The number of carbonyl (C=O) groups excluding carboxylic acids is 1. The number of ether oxygens (including phenoxy) is 1. The molecule has 0 aliphatic rings. The first-order chi connectivity index (χ1) is 14.1. The van der Waals surface area contributed by atoms with E-state index in [1.165, 1.54) is 12.1 Å².